The molecule has 3 atom stereocenters. The number of ketones is 3. The van der Waals surface area contributed by atoms with Crippen LogP contribution in [-0.4, -0.2) is 47.0 Å². The van der Waals surface area contributed by atoms with Crippen LogP contribution in [-0.2, 0) is 40.6 Å². The van der Waals surface area contributed by atoms with Crippen LogP contribution in [0, 0.1) is 17.8 Å². The molecule has 3 aromatic carbocycles. The smallest absolute Gasteiger partial charge is 0.549 e. The van der Waals surface area contributed by atoms with Gasteiger partial charge in [-0.15, -0.1) is 0 Å². The molecule has 0 saturated heterocycles. The van der Waals surface area contributed by atoms with Gasteiger partial charge in [0.25, 0.3) is 0 Å². The number of hydrogen-bond donors (Lipinski definition) is 1. The molecule has 0 bridgehead atoms. The fourth-order valence-corrected chi connectivity index (χ4v) is 3.79. The molecule has 1 radical (unpaired) electrons. The molecule has 243 valence electrons. The normalized spacial score (nSPS) is 11.4. The molecule has 0 heterocycles. The van der Waals surface area contributed by atoms with E-state index in [0.29, 0.717) is 16.7 Å². The maximum atomic E-state index is 11.6. The van der Waals surface area contributed by atoms with Crippen LogP contribution >= 0.6 is 0 Å². The Morgan fingerprint density at radius 1 is 0.478 bits per heavy atom. The third-order valence-corrected chi connectivity index (χ3v) is 6.20. The van der Waals surface area contributed by atoms with E-state index in [-0.39, 0.29) is 69.4 Å². The fourth-order valence-electron chi connectivity index (χ4n) is 3.79. The zero-order chi connectivity index (χ0) is 34.4. The first kappa shape index (κ1) is 44.0. The van der Waals surface area contributed by atoms with Crippen LogP contribution < -0.4 is 15.3 Å². The second-order valence-corrected chi connectivity index (χ2v) is 9.35. The maximum absolute atomic E-state index is 11.6. The summed E-state index contributed by atoms with van der Waals surface area (Å²) in [4.78, 5) is 66.6. The monoisotopic (exact) mass is 709 g/mol. The average molecular weight is 711 g/mol. The van der Waals surface area contributed by atoms with E-state index in [9.17, 15) is 44.1 Å². The van der Waals surface area contributed by atoms with E-state index in [4.69, 9.17) is 5.11 Å². The third kappa shape index (κ3) is 15.8. The van der Waals surface area contributed by atoms with Gasteiger partial charge in [0.05, 0.1) is 35.7 Å². The molecule has 1 N–H and O–H groups in total. The van der Waals surface area contributed by atoms with Crippen LogP contribution in [0.2, 0.25) is 0 Å². The summed E-state index contributed by atoms with van der Waals surface area (Å²) in [6.45, 7) is 6.89. The summed E-state index contributed by atoms with van der Waals surface area (Å²) < 4.78 is 0. The molecule has 10 nitrogen and oxygen atoms in total. The van der Waals surface area contributed by atoms with Gasteiger partial charge in [0.1, 0.15) is 0 Å². The Balaban J connectivity index is 0. The van der Waals surface area contributed by atoms with E-state index >= 15 is 0 Å². The molecule has 46 heavy (non-hydrogen) atoms. The van der Waals surface area contributed by atoms with Crippen LogP contribution in [0.1, 0.15) is 78.0 Å². The van der Waals surface area contributed by atoms with Crippen molar-refractivity contribution in [3.8, 4) is 0 Å². The van der Waals surface area contributed by atoms with Crippen molar-refractivity contribution in [2.45, 2.75) is 47.0 Å². The minimum Gasteiger partial charge on any atom is -0.549 e. The summed E-state index contributed by atoms with van der Waals surface area (Å²) in [6.07, 6.45) is 0.780. The SMILES string of the molecule is CCC(C(=O)[O-])C(=O)c1ccccc1.CCC(C(=O)[O-])C(=O)c1ccccc1.CCC(C(=O)[O-])C(=O)c1ccccc1.CCO.[Zr+3]. The molecule has 0 aliphatic heterocycles. The van der Waals surface area contributed by atoms with Gasteiger partial charge in [-0.25, -0.2) is 0 Å². The fraction of sp³-hybridized carbons (Fsp3) is 0.314. The Morgan fingerprint density at radius 3 is 0.783 bits per heavy atom. The van der Waals surface area contributed by atoms with Gasteiger partial charge in [-0.3, -0.25) is 14.4 Å². The van der Waals surface area contributed by atoms with Crippen molar-refractivity contribution in [1.29, 1.82) is 0 Å². The molecule has 0 aliphatic carbocycles. The summed E-state index contributed by atoms with van der Waals surface area (Å²) in [5, 5.41) is 39.4. The van der Waals surface area contributed by atoms with Crippen LogP contribution in [0.4, 0.5) is 0 Å². The summed E-state index contributed by atoms with van der Waals surface area (Å²) in [7, 11) is 0. The molecular weight excluding hydrogens is 672 g/mol. The summed E-state index contributed by atoms with van der Waals surface area (Å²) in [6, 6.07) is 25.2. The van der Waals surface area contributed by atoms with Crippen LogP contribution in [0.25, 0.3) is 0 Å². The standard InChI is InChI=1S/3C11H12O3.C2H6O.Zr/c3*1-2-9(11(13)14)10(12)8-6-4-3-5-7-8;1-2-3;/h3*3-7,9H,2H2,1H3,(H,13,14);3H,2H2,1H3;/q;;;;+3/p-3. The number of aliphatic carboxylic acids is 3. The van der Waals surface area contributed by atoms with E-state index < -0.39 is 35.7 Å². The molecule has 11 heteroatoms. The predicted molar refractivity (Wildman–Crippen MR) is 161 cm³/mol. The maximum Gasteiger partial charge on any atom is 3.00 e. The molecular formula is C35H39O10Zr. The van der Waals surface area contributed by atoms with Gasteiger partial charge in [0, 0.05) is 23.3 Å². The first-order valence-electron chi connectivity index (χ1n) is 14.4. The zero-order valence-corrected chi connectivity index (χ0v) is 28.8. The first-order chi connectivity index (χ1) is 21.4. The number of carbonyl (C=O) groups excluding carboxylic acids is 6. The summed E-state index contributed by atoms with van der Waals surface area (Å²) in [5.74, 6) is -8.15. The van der Waals surface area contributed by atoms with Gasteiger partial charge in [-0.2, -0.15) is 0 Å². The van der Waals surface area contributed by atoms with Gasteiger partial charge in [0.2, 0.25) is 0 Å². The first-order valence-corrected chi connectivity index (χ1v) is 14.4. The summed E-state index contributed by atoms with van der Waals surface area (Å²) >= 11 is 0. The van der Waals surface area contributed by atoms with Crippen molar-refractivity contribution in [3.63, 3.8) is 0 Å². The second kappa shape index (κ2) is 25.2. The number of aliphatic hydroxyl groups is 1. The Bertz CT molecular complexity index is 1180. The number of hydrogen-bond acceptors (Lipinski definition) is 10. The molecule has 0 amide bonds. The quantitative estimate of drug-likeness (QED) is 0.215. The summed E-state index contributed by atoms with van der Waals surface area (Å²) in [5.41, 5.74) is 1.26. The molecule has 0 aromatic heterocycles. The van der Waals surface area contributed by atoms with Crippen LogP contribution in [0.3, 0.4) is 0 Å². The molecule has 0 saturated carbocycles. The molecule has 3 aromatic rings. The van der Waals surface area contributed by atoms with Gasteiger partial charge in [-0.05, 0) is 26.2 Å². The largest absolute Gasteiger partial charge is 3.00 e. The molecule has 0 spiro atoms. The van der Waals surface area contributed by atoms with Crippen LogP contribution in [0.15, 0.2) is 91.0 Å². The minimum absolute atomic E-state index is 0. The molecule has 3 unspecified atom stereocenters. The van der Waals surface area contributed by atoms with Crippen molar-refractivity contribution in [2.24, 2.45) is 17.8 Å². The van der Waals surface area contributed by atoms with E-state index in [1.807, 2.05) is 0 Å². The number of rotatable bonds is 12. The topological polar surface area (TPSA) is 192 Å². The van der Waals surface area contributed by atoms with Crippen molar-refractivity contribution >= 4 is 35.3 Å². The van der Waals surface area contributed by atoms with E-state index in [1.165, 1.54) is 0 Å². The van der Waals surface area contributed by atoms with Gasteiger partial charge >= 0.3 is 26.2 Å². The zero-order valence-electron chi connectivity index (χ0n) is 26.3. The molecule has 0 aliphatic rings. The van der Waals surface area contributed by atoms with Crippen molar-refractivity contribution < 1.29 is 75.4 Å². The Hall–Kier alpha value is -4.08. The van der Waals surface area contributed by atoms with Gasteiger partial charge in [-0.1, -0.05) is 112 Å². The number of carboxylic acid groups (broad SMARTS) is 3. The van der Waals surface area contributed by atoms with Gasteiger partial charge in [0.15, 0.2) is 17.3 Å². The number of carbonyl (C=O) groups is 6. The average Bonchev–Trinajstić information content (AvgIpc) is 3.03. The Morgan fingerprint density at radius 2 is 0.652 bits per heavy atom. The van der Waals surface area contributed by atoms with Gasteiger partial charge < -0.3 is 34.8 Å². The second-order valence-electron chi connectivity index (χ2n) is 9.35. The number of aliphatic hydroxyl groups excluding tert-OH is 1. The van der Waals surface area contributed by atoms with E-state index in [1.54, 1.807) is 119 Å². The minimum atomic E-state index is -1.30. The number of Topliss-reactive ketones (excluding diaryl/α,β-unsaturated/α-hetero) is 3. The van der Waals surface area contributed by atoms with E-state index in [0.717, 1.165) is 0 Å². The van der Waals surface area contributed by atoms with Crippen molar-refractivity contribution in [1.82, 2.24) is 0 Å². The predicted octanol–water partition coefficient (Wildman–Crippen LogP) is 1.93. The van der Waals surface area contributed by atoms with Crippen molar-refractivity contribution in [2.75, 3.05) is 6.61 Å². The Labute approximate surface area is 288 Å². The van der Waals surface area contributed by atoms with Crippen molar-refractivity contribution in [3.05, 3.63) is 108 Å². The molecule has 0 fully saturated rings. The van der Waals surface area contributed by atoms with Crippen LogP contribution in [0.5, 0.6) is 0 Å². The third-order valence-electron chi connectivity index (χ3n) is 6.20. The Kier molecular flexibility index (Phi) is 24.1. The number of carboxylic acids is 3. The number of benzene rings is 3. The van der Waals surface area contributed by atoms with E-state index in [2.05, 4.69) is 0 Å². The molecule has 3 rings (SSSR count).